The van der Waals surface area contributed by atoms with Gasteiger partial charge in [0.15, 0.2) is 0 Å². The van der Waals surface area contributed by atoms with Gasteiger partial charge in [0.05, 0.1) is 6.54 Å². The van der Waals surface area contributed by atoms with Crippen LogP contribution < -0.4 is 5.73 Å². The van der Waals surface area contributed by atoms with Crippen LogP contribution in [-0.4, -0.2) is 23.5 Å². The summed E-state index contributed by atoms with van der Waals surface area (Å²) in [5, 5.41) is 2.13. The first-order valence-electron chi connectivity index (χ1n) is 6.73. The zero-order chi connectivity index (χ0) is 13.0. The number of nitrogens with two attached hydrogens (primary N) is 1. The van der Waals surface area contributed by atoms with Crippen molar-refractivity contribution in [1.82, 2.24) is 4.90 Å². The van der Waals surface area contributed by atoms with Crippen molar-refractivity contribution in [3.8, 4) is 11.8 Å². The normalized spacial score (nSPS) is 24.6. The largest absolute Gasteiger partial charge is 0.320 e. The molecular weight excluding hydrogens is 240 g/mol. The Morgan fingerprint density at radius 3 is 2.78 bits per heavy atom. The van der Waals surface area contributed by atoms with Crippen molar-refractivity contribution in [2.45, 2.75) is 51.7 Å². The first-order valence-corrected chi connectivity index (χ1v) is 7.61. The number of likely N-dealkylation sites (tertiary alicyclic amines) is 1. The van der Waals surface area contributed by atoms with Crippen LogP contribution in [0.4, 0.5) is 0 Å². The lowest BCUT2D eigenvalue weighted by atomic mass is 9.97. The van der Waals surface area contributed by atoms with Crippen LogP contribution in [0.2, 0.25) is 0 Å². The van der Waals surface area contributed by atoms with Crippen LogP contribution in [0, 0.1) is 11.8 Å². The highest BCUT2D eigenvalue weighted by atomic mass is 32.1. The number of piperidine rings is 1. The van der Waals surface area contributed by atoms with E-state index in [0.717, 1.165) is 12.1 Å². The highest BCUT2D eigenvalue weighted by Gasteiger charge is 2.25. The van der Waals surface area contributed by atoms with Gasteiger partial charge in [0.25, 0.3) is 0 Å². The zero-order valence-corrected chi connectivity index (χ0v) is 12.1. The van der Waals surface area contributed by atoms with Gasteiger partial charge in [0.2, 0.25) is 0 Å². The zero-order valence-electron chi connectivity index (χ0n) is 11.3. The molecule has 0 amide bonds. The van der Waals surface area contributed by atoms with Gasteiger partial charge < -0.3 is 5.73 Å². The quantitative estimate of drug-likeness (QED) is 0.830. The molecule has 0 saturated carbocycles. The lowest BCUT2D eigenvalue weighted by molar-refractivity contribution is 0.0964. The maximum absolute atomic E-state index is 5.44. The summed E-state index contributed by atoms with van der Waals surface area (Å²) in [5.41, 5.74) is 6.61. The Balaban J connectivity index is 2.10. The Hall–Kier alpha value is -0.820. The second-order valence-corrected chi connectivity index (χ2v) is 6.07. The van der Waals surface area contributed by atoms with Crippen molar-refractivity contribution in [3.63, 3.8) is 0 Å². The van der Waals surface area contributed by atoms with Gasteiger partial charge in [0.1, 0.15) is 0 Å². The van der Waals surface area contributed by atoms with Gasteiger partial charge in [-0.1, -0.05) is 18.3 Å². The van der Waals surface area contributed by atoms with Crippen molar-refractivity contribution < 1.29 is 0 Å². The molecule has 2 rings (SSSR count). The van der Waals surface area contributed by atoms with E-state index in [1.54, 1.807) is 0 Å². The molecule has 0 spiro atoms. The molecule has 1 aliphatic heterocycles. The molecule has 1 saturated heterocycles. The third-order valence-corrected chi connectivity index (χ3v) is 4.68. The predicted molar refractivity (Wildman–Crippen MR) is 78.6 cm³/mol. The van der Waals surface area contributed by atoms with Gasteiger partial charge in [-0.2, -0.15) is 0 Å². The van der Waals surface area contributed by atoms with Crippen LogP contribution >= 0.6 is 11.3 Å². The maximum atomic E-state index is 5.44. The summed E-state index contributed by atoms with van der Waals surface area (Å²) in [4.78, 5) is 4.00. The van der Waals surface area contributed by atoms with E-state index in [9.17, 15) is 0 Å². The molecule has 98 valence electrons. The number of thiophene rings is 1. The molecule has 3 heteroatoms. The van der Waals surface area contributed by atoms with E-state index >= 15 is 0 Å². The number of hydrogen-bond donors (Lipinski definition) is 1. The van der Waals surface area contributed by atoms with Crippen molar-refractivity contribution >= 4 is 11.3 Å². The Morgan fingerprint density at radius 1 is 1.39 bits per heavy atom. The molecule has 0 radical (unpaired) electrons. The van der Waals surface area contributed by atoms with E-state index in [-0.39, 0.29) is 0 Å². The average molecular weight is 262 g/mol. The third kappa shape index (κ3) is 3.14. The van der Waals surface area contributed by atoms with E-state index < -0.39 is 0 Å². The predicted octanol–water partition coefficient (Wildman–Crippen LogP) is 2.82. The first-order chi connectivity index (χ1) is 8.72. The van der Waals surface area contributed by atoms with E-state index in [0.29, 0.717) is 18.6 Å². The van der Waals surface area contributed by atoms with Gasteiger partial charge in [-0.15, -0.1) is 11.3 Å². The lowest BCUT2D eigenvalue weighted by Gasteiger charge is -2.38. The minimum absolute atomic E-state index is 0.436. The van der Waals surface area contributed by atoms with Crippen LogP contribution in [0.1, 0.15) is 43.6 Å². The van der Waals surface area contributed by atoms with Crippen LogP contribution in [0.25, 0.3) is 0 Å². The standard InChI is InChI=1S/C15H22N2S/c1-12-5-3-6-13(2)17(12)11-15-14(7-4-9-16)8-10-18-15/h8,10,12-13H,3,5-6,9,11,16H2,1-2H3. The fourth-order valence-corrected chi connectivity index (χ4v) is 3.51. The molecule has 2 N–H and O–H groups in total. The van der Waals surface area contributed by atoms with E-state index in [2.05, 4.69) is 42.0 Å². The molecule has 2 heterocycles. The fraction of sp³-hybridized carbons (Fsp3) is 0.600. The Kier molecular flexibility index (Phi) is 4.82. The second-order valence-electron chi connectivity index (χ2n) is 5.06. The minimum Gasteiger partial charge on any atom is -0.320 e. The molecule has 1 aromatic rings. The molecule has 0 aliphatic carbocycles. The third-order valence-electron chi connectivity index (χ3n) is 3.77. The Labute approximate surface area is 114 Å². The highest BCUT2D eigenvalue weighted by Crippen LogP contribution is 2.27. The molecule has 1 aliphatic rings. The molecule has 0 bridgehead atoms. The topological polar surface area (TPSA) is 29.3 Å². The highest BCUT2D eigenvalue weighted by molar-refractivity contribution is 7.10. The van der Waals surface area contributed by atoms with Crippen LogP contribution in [0.3, 0.4) is 0 Å². The van der Waals surface area contributed by atoms with Gasteiger partial charge in [-0.05, 0) is 38.1 Å². The lowest BCUT2D eigenvalue weighted by Crippen LogP contribution is -2.42. The summed E-state index contributed by atoms with van der Waals surface area (Å²) in [7, 11) is 0. The smallest absolute Gasteiger partial charge is 0.0555 e. The van der Waals surface area contributed by atoms with Crippen LogP contribution in [0.15, 0.2) is 11.4 Å². The molecule has 1 fully saturated rings. The second kappa shape index (κ2) is 6.38. The van der Waals surface area contributed by atoms with Gasteiger partial charge >= 0.3 is 0 Å². The monoisotopic (exact) mass is 262 g/mol. The molecule has 2 unspecified atom stereocenters. The number of hydrogen-bond acceptors (Lipinski definition) is 3. The molecule has 18 heavy (non-hydrogen) atoms. The van der Waals surface area contributed by atoms with E-state index in [4.69, 9.17) is 5.73 Å². The van der Waals surface area contributed by atoms with Crippen molar-refractivity contribution in [3.05, 3.63) is 21.9 Å². The van der Waals surface area contributed by atoms with Gasteiger partial charge in [-0.3, -0.25) is 4.90 Å². The minimum atomic E-state index is 0.436. The fourth-order valence-electron chi connectivity index (χ4n) is 2.67. The Bertz CT molecular complexity index is 431. The summed E-state index contributed by atoms with van der Waals surface area (Å²) in [6.45, 7) is 6.16. The van der Waals surface area contributed by atoms with Gasteiger partial charge in [0, 0.05) is 29.1 Å². The molecule has 2 nitrogen and oxygen atoms in total. The summed E-state index contributed by atoms with van der Waals surface area (Å²) >= 11 is 1.81. The maximum Gasteiger partial charge on any atom is 0.0555 e. The molecule has 0 aromatic carbocycles. The van der Waals surface area contributed by atoms with Gasteiger partial charge in [-0.25, -0.2) is 0 Å². The van der Waals surface area contributed by atoms with E-state index in [1.807, 2.05) is 11.3 Å². The van der Waals surface area contributed by atoms with E-state index in [1.165, 1.54) is 24.1 Å². The van der Waals surface area contributed by atoms with Crippen molar-refractivity contribution in [2.24, 2.45) is 5.73 Å². The SMILES string of the molecule is CC1CCCC(C)N1Cc1sccc1C#CCN. The van der Waals surface area contributed by atoms with Crippen LogP contribution in [0.5, 0.6) is 0 Å². The first kappa shape index (κ1) is 13.6. The average Bonchev–Trinajstić information content (AvgIpc) is 2.79. The van der Waals surface area contributed by atoms with Crippen molar-refractivity contribution in [1.29, 1.82) is 0 Å². The molecular formula is C15H22N2S. The summed E-state index contributed by atoms with van der Waals surface area (Å²) in [6, 6.07) is 3.49. The van der Waals surface area contributed by atoms with Crippen molar-refractivity contribution in [2.75, 3.05) is 6.54 Å². The molecule has 2 atom stereocenters. The Morgan fingerprint density at radius 2 is 2.11 bits per heavy atom. The van der Waals surface area contributed by atoms with Crippen LogP contribution in [-0.2, 0) is 6.54 Å². The summed E-state index contributed by atoms with van der Waals surface area (Å²) in [6.07, 6.45) is 4.00. The summed E-state index contributed by atoms with van der Waals surface area (Å²) in [5.74, 6) is 6.14. The molecule has 1 aromatic heterocycles. The number of rotatable bonds is 2. The number of nitrogens with zero attached hydrogens (tertiary/aromatic N) is 1. The summed E-state index contributed by atoms with van der Waals surface area (Å²) < 4.78 is 0.